The van der Waals surface area contributed by atoms with Gasteiger partial charge in [-0.1, -0.05) is 11.6 Å². The van der Waals surface area contributed by atoms with Gasteiger partial charge < -0.3 is 11.5 Å². The molecular formula is C9H11ClN4. The molecular weight excluding hydrogens is 200 g/mol. The molecule has 0 atom stereocenters. The van der Waals surface area contributed by atoms with Gasteiger partial charge in [-0.3, -0.25) is 4.99 Å². The van der Waals surface area contributed by atoms with Crippen LogP contribution in [-0.2, 0) is 0 Å². The Hall–Kier alpha value is -1.55. The van der Waals surface area contributed by atoms with Gasteiger partial charge in [-0.25, -0.2) is 4.99 Å². The molecule has 1 aromatic rings. The van der Waals surface area contributed by atoms with Crippen LogP contribution in [0.3, 0.4) is 0 Å². The number of nitrogen functional groups attached to an aromatic ring is 1. The molecule has 1 aromatic carbocycles. The average molecular weight is 211 g/mol. The second-order valence-corrected chi connectivity index (χ2v) is 3.03. The first-order valence-corrected chi connectivity index (χ1v) is 4.32. The molecule has 0 fully saturated rings. The molecule has 0 aliphatic carbocycles. The van der Waals surface area contributed by atoms with Crippen LogP contribution in [-0.4, -0.2) is 19.2 Å². The number of halogens is 1. The molecule has 74 valence electrons. The number of nitrogens with two attached hydrogens (primary N) is 2. The zero-order chi connectivity index (χ0) is 10.6. The van der Waals surface area contributed by atoms with Crippen molar-refractivity contribution in [1.29, 1.82) is 0 Å². The summed E-state index contributed by atoms with van der Waals surface area (Å²) in [6, 6.07) is 5.05. The molecule has 4 nitrogen and oxygen atoms in total. The highest BCUT2D eigenvalue weighted by molar-refractivity contribution is 6.34. The highest BCUT2D eigenvalue weighted by Crippen LogP contribution is 2.18. The number of rotatable bonds is 2. The van der Waals surface area contributed by atoms with E-state index in [9.17, 15) is 0 Å². The van der Waals surface area contributed by atoms with Gasteiger partial charge in [-0.2, -0.15) is 0 Å². The maximum absolute atomic E-state index is 5.91. The van der Waals surface area contributed by atoms with Crippen molar-refractivity contribution in [3.05, 3.63) is 28.8 Å². The fourth-order valence-electron chi connectivity index (χ4n) is 0.929. The molecule has 0 amide bonds. The van der Waals surface area contributed by atoms with Crippen molar-refractivity contribution in [2.45, 2.75) is 0 Å². The highest BCUT2D eigenvalue weighted by atomic mass is 35.5. The van der Waals surface area contributed by atoms with Gasteiger partial charge in [0.25, 0.3) is 0 Å². The van der Waals surface area contributed by atoms with Gasteiger partial charge in [0.15, 0.2) is 0 Å². The van der Waals surface area contributed by atoms with E-state index in [0.717, 1.165) is 0 Å². The lowest BCUT2D eigenvalue weighted by molar-refractivity contribution is 1.43. The van der Waals surface area contributed by atoms with Crippen LogP contribution in [0.2, 0.25) is 5.02 Å². The molecule has 0 spiro atoms. The third-order valence-electron chi connectivity index (χ3n) is 1.58. The minimum absolute atomic E-state index is 0.299. The molecule has 5 heteroatoms. The van der Waals surface area contributed by atoms with Gasteiger partial charge in [0.1, 0.15) is 12.2 Å². The molecule has 4 N–H and O–H groups in total. The summed E-state index contributed by atoms with van der Waals surface area (Å²) in [6.45, 7) is 0. The summed E-state index contributed by atoms with van der Waals surface area (Å²) in [5.41, 5.74) is 12.5. The third kappa shape index (κ3) is 2.47. The molecule has 0 aliphatic rings. The van der Waals surface area contributed by atoms with Crippen LogP contribution in [0.5, 0.6) is 0 Å². The zero-order valence-corrected chi connectivity index (χ0v) is 8.49. The van der Waals surface area contributed by atoms with Gasteiger partial charge in [0.05, 0.1) is 5.02 Å². The Balaban J connectivity index is 3.11. The monoisotopic (exact) mass is 210 g/mol. The quantitative estimate of drug-likeness (QED) is 0.438. The van der Waals surface area contributed by atoms with Crippen molar-refractivity contribution in [2.75, 3.05) is 12.8 Å². The summed E-state index contributed by atoms with van der Waals surface area (Å²) in [6.07, 6.45) is 1.36. The SMILES string of the molecule is CN=CN=C(N)c1cc(N)ccc1Cl. The van der Waals surface area contributed by atoms with E-state index in [2.05, 4.69) is 9.98 Å². The second kappa shape index (κ2) is 4.62. The Kier molecular flexibility index (Phi) is 3.48. The number of hydrogen-bond acceptors (Lipinski definition) is 2. The summed E-state index contributed by atoms with van der Waals surface area (Å²) < 4.78 is 0. The largest absolute Gasteiger partial charge is 0.399 e. The van der Waals surface area contributed by atoms with Crippen LogP contribution < -0.4 is 11.5 Å². The molecule has 1 rings (SSSR count). The van der Waals surface area contributed by atoms with E-state index in [1.807, 2.05) is 0 Å². The summed E-state index contributed by atoms with van der Waals surface area (Å²) >= 11 is 5.91. The topological polar surface area (TPSA) is 76.8 Å². The van der Waals surface area contributed by atoms with E-state index in [0.29, 0.717) is 22.1 Å². The maximum Gasteiger partial charge on any atom is 0.134 e. The smallest absolute Gasteiger partial charge is 0.134 e. The lowest BCUT2D eigenvalue weighted by atomic mass is 10.2. The lowest BCUT2D eigenvalue weighted by Gasteiger charge is -2.03. The first-order valence-electron chi connectivity index (χ1n) is 3.94. The Labute approximate surface area is 87.3 Å². The molecule has 0 heterocycles. The van der Waals surface area contributed by atoms with Crippen LogP contribution >= 0.6 is 11.6 Å². The molecule has 0 saturated carbocycles. The van der Waals surface area contributed by atoms with Crippen LogP contribution in [0.25, 0.3) is 0 Å². The van der Waals surface area contributed by atoms with Crippen molar-refractivity contribution in [2.24, 2.45) is 15.7 Å². The Morgan fingerprint density at radius 3 is 2.86 bits per heavy atom. The Bertz CT molecular complexity index is 384. The van der Waals surface area contributed by atoms with E-state index in [4.69, 9.17) is 23.1 Å². The molecule has 0 aromatic heterocycles. The fraction of sp³-hybridized carbons (Fsp3) is 0.111. The van der Waals surface area contributed by atoms with Gasteiger partial charge >= 0.3 is 0 Å². The summed E-state index contributed by atoms with van der Waals surface area (Å²) in [5, 5.41) is 0.518. The number of aliphatic imine (C=N–C) groups is 2. The van der Waals surface area contributed by atoms with Gasteiger partial charge in [-0.05, 0) is 18.2 Å². The van der Waals surface area contributed by atoms with Crippen LogP contribution in [0, 0.1) is 0 Å². The van der Waals surface area contributed by atoms with Crippen LogP contribution in [0.4, 0.5) is 5.69 Å². The van der Waals surface area contributed by atoms with E-state index < -0.39 is 0 Å². The van der Waals surface area contributed by atoms with Crippen molar-refractivity contribution >= 4 is 29.5 Å². The molecule has 14 heavy (non-hydrogen) atoms. The predicted molar refractivity (Wildman–Crippen MR) is 61.0 cm³/mol. The zero-order valence-electron chi connectivity index (χ0n) is 7.74. The minimum Gasteiger partial charge on any atom is -0.399 e. The summed E-state index contributed by atoms with van der Waals surface area (Å²) in [5.74, 6) is 0.299. The Morgan fingerprint density at radius 1 is 1.50 bits per heavy atom. The van der Waals surface area contributed by atoms with Crippen LogP contribution in [0.1, 0.15) is 5.56 Å². The van der Waals surface area contributed by atoms with E-state index >= 15 is 0 Å². The maximum atomic E-state index is 5.91. The summed E-state index contributed by atoms with van der Waals surface area (Å²) in [7, 11) is 1.61. The van der Waals surface area contributed by atoms with Gasteiger partial charge in [0.2, 0.25) is 0 Å². The van der Waals surface area contributed by atoms with E-state index in [-0.39, 0.29) is 0 Å². The first-order chi connectivity index (χ1) is 6.65. The number of hydrogen-bond donors (Lipinski definition) is 2. The normalized spacial score (nSPS) is 12.3. The predicted octanol–water partition coefficient (Wildman–Crippen LogP) is 1.29. The van der Waals surface area contributed by atoms with Crippen molar-refractivity contribution in [3.63, 3.8) is 0 Å². The fourth-order valence-corrected chi connectivity index (χ4v) is 1.14. The average Bonchev–Trinajstić information content (AvgIpc) is 2.18. The van der Waals surface area contributed by atoms with E-state index in [1.165, 1.54) is 6.34 Å². The standard InChI is InChI=1S/C9H11ClN4/c1-13-5-14-9(12)7-4-6(11)2-3-8(7)10/h2-5H,11H2,1H3,(H2,12,13,14). The first kappa shape index (κ1) is 10.5. The third-order valence-corrected chi connectivity index (χ3v) is 1.91. The van der Waals surface area contributed by atoms with E-state index in [1.54, 1.807) is 25.2 Å². The molecule has 0 radical (unpaired) electrons. The number of nitrogens with zero attached hydrogens (tertiary/aromatic N) is 2. The Morgan fingerprint density at radius 2 is 2.21 bits per heavy atom. The van der Waals surface area contributed by atoms with Gasteiger partial charge in [-0.15, -0.1) is 0 Å². The molecule has 0 saturated heterocycles. The number of amidine groups is 1. The molecule has 0 unspecified atom stereocenters. The minimum atomic E-state index is 0.299. The van der Waals surface area contributed by atoms with Crippen molar-refractivity contribution in [1.82, 2.24) is 0 Å². The molecule has 0 aliphatic heterocycles. The lowest BCUT2D eigenvalue weighted by Crippen LogP contribution is -2.14. The number of anilines is 1. The van der Waals surface area contributed by atoms with Gasteiger partial charge in [0, 0.05) is 18.3 Å². The number of benzene rings is 1. The summed E-state index contributed by atoms with van der Waals surface area (Å²) in [4.78, 5) is 7.56. The van der Waals surface area contributed by atoms with Crippen molar-refractivity contribution < 1.29 is 0 Å². The highest BCUT2D eigenvalue weighted by Gasteiger charge is 2.04. The van der Waals surface area contributed by atoms with Crippen LogP contribution in [0.15, 0.2) is 28.2 Å². The molecule has 0 bridgehead atoms. The second-order valence-electron chi connectivity index (χ2n) is 2.63. The van der Waals surface area contributed by atoms with Crippen molar-refractivity contribution in [3.8, 4) is 0 Å².